The van der Waals surface area contributed by atoms with Gasteiger partial charge in [0.25, 0.3) is 18.3 Å². The molecule has 2 aromatic heterocycles. The second-order valence-corrected chi connectivity index (χ2v) is 5.95. The Morgan fingerprint density at radius 2 is 1.96 bits per heavy atom. The number of amides is 2. The number of hydrogen-bond acceptors (Lipinski definition) is 6. The number of primary amides is 1. The van der Waals surface area contributed by atoms with Crippen LogP contribution in [0.4, 0.5) is 5.82 Å². The third-order valence-electron chi connectivity index (χ3n) is 3.92. The van der Waals surface area contributed by atoms with E-state index in [1.165, 1.54) is 0 Å². The molecule has 0 aliphatic carbocycles. The molecule has 1 saturated heterocycles. The molecular formula is C17H19ClN4O5. The van der Waals surface area contributed by atoms with Crippen molar-refractivity contribution in [3.63, 3.8) is 0 Å². The maximum atomic E-state index is 12.4. The lowest BCUT2D eigenvalue weighted by Gasteiger charge is -2.23. The van der Waals surface area contributed by atoms with Crippen molar-refractivity contribution in [3.05, 3.63) is 47.0 Å². The fraction of sp³-hybridized carbons (Fsp3) is 0.294. The summed E-state index contributed by atoms with van der Waals surface area (Å²) in [6, 6.07) is 6.45. The molecule has 3 heterocycles. The van der Waals surface area contributed by atoms with Crippen LogP contribution in [0.3, 0.4) is 0 Å². The lowest BCUT2D eigenvalue weighted by Crippen LogP contribution is -2.35. The first-order valence-corrected chi connectivity index (χ1v) is 8.48. The van der Waals surface area contributed by atoms with Crippen LogP contribution in [0, 0.1) is 0 Å². The Kier molecular flexibility index (Phi) is 7.18. The summed E-state index contributed by atoms with van der Waals surface area (Å²) < 4.78 is 5.19. The van der Waals surface area contributed by atoms with Crippen LogP contribution in [-0.4, -0.2) is 59.5 Å². The molecule has 10 heteroatoms. The van der Waals surface area contributed by atoms with Gasteiger partial charge in [0.1, 0.15) is 5.82 Å². The van der Waals surface area contributed by atoms with Crippen LogP contribution in [0.15, 0.2) is 34.9 Å². The molecule has 0 spiro atoms. The second-order valence-electron chi connectivity index (χ2n) is 5.58. The molecule has 1 aliphatic heterocycles. The summed E-state index contributed by atoms with van der Waals surface area (Å²) in [5.74, 6) is 0.0739. The van der Waals surface area contributed by atoms with Gasteiger partial charge in [0.2, 0.25) is 0 Å². The number of hydrogen-bond donors (Lipinski definition) is 2. The Hall–Kier alpha value is -3.07. The third-order valence-corrected chi connectivity index (χ3v) is 4.12. The van der Waals surface area contributed by atoms with Gasteiger partial charge in [-0.1, -0.05) is 0 Å². The monoisotopic (exact) mass is 394 g/mol. The van der Waals surface area contributed by atoms with Gasteiger partial charge in [0.15, 0.2) is 11.0 Å². The van der Waals surface area contributed by atoms with Crippen LogP contribution >= 0.6 is 11.6 Å². The Morgan fingerprint density at radius 3 is 2.59 bits per heavy atom. The smallest absolute Gasteiger partial charge is 0.290 e. The Labute approximate surface area is 160 Å². The maximum Gasteiger partial charge on any atom is 0.290 e. The summed E-state index contributed by atoms with van der Waals surface area (Å²) in [7, 11) is 0. The predicted molar refractivity (Wildman–Crippen MR) is 97.9 cm³/mol. The van der Waals surface area contributed by atoms with Gasteiger partial charge in [-0.3, -0.25) is 14.4 Å². The Morgan fingerprint density at radius 1 is 1.22 bits per heavy atom. The van der Waals surface area contributed by atoms with E-state index in [4.69, 9.17) is 31.7 Å². The molecular weight excluding hydrogens is 376 g/mol. The number of pyridine rings is 1. The van der Waals surface area contributed by atoms with Gasteiger partial charge in [-0.25, -0.2) is 4.98 Å². The van der Waals surface area contributed by atoms with E-state index in [1.54, 1.807) is 35.4 Å². The van der Waals surface area contributed by atoms with Crippen LogP contribution < -0.4 is 10.6 Å². The lowest BCUT2D eigenvalue weighted by atomic mass is 10.2. The van der Waals surface area contributed by atoms with Crippen molar-refractivity contribution >= 4 is 35.7 Å². The fourth-order valence-corrected chi connectivity index (χ4v) is 2.90. The first kappa shape index (κ1) is 20.2. The first-order valence-electron chi connectivity index (χ1n) is 8.10. The lowest BCUT2D eigenvalue weighted by molar-refractivity contribution is -0.122. The molecule has 0 aromatic carbocycles. The zero-order valence-corrected chi connectivity index (χ0v) is 15.1. The number of carboxylic acid groups (broad SMARTS) is 1. The van der Waals surface area contributed by atoms with Crippen molar-refractivity contribution in [1.82, 2.24) is 9.88 Å². The number of nitrogens with zero attached hydrogens (tertiary/aromatic N) is 3. The minimum Gasteiger partial charge on any atom is -0.483 e. The van der Waals surface area contributed by atoms with E-state index in [0.29, 0.717) is 37.6 Å². The molecule has 0 atom stereocenters. The van der Waals surface area contributed by atoms with E-state index >= 15 is 0 Å². The number of rotatable bonds is 3. The number of halogens is 1. The van der Waals surface area contributed by atoms with Crippen LogP contribution in [0.2, 0.25) is 5.22 Å². The fourth-order valence-electron chi connectivity index (χ4n) is 2.76. The molecule has 0 radical (unpaired) electrons. The molecule has 1 fully saturated rings. The minimum absolute atomic E-state index is 0.189. The van der Waals surface area contributed by atoms with Crippen molar-refractivity contribution in [3.8, 4) is 0 Å². The summed E-state index contributed by atoms with van der Waals surface area (Å²) in [5, 5.41) is 7.08. The molecule has 27 heavy (non-hydrogen) atoms. The normalized spacial score (nSPS) is 14.0. The van der Waals surface area contributed by atoms with E-state index in [1.807, 2.05) is 4.90 Å². The largest absolute Gasteiger partial charge is 0.483 e. The van der Waals surface area contributed by atoms with E-state index in [9.17, 15) is 9.59 Å². The molecule has 3 N–H and O–H groups in total. The van der Waals surface area contributed by atoms with Gasteiger partial charge in [-0.05, 0) is 42.3 Å². The molecule has 2 amide bonds. The number of carbonyl (C=O) groups excluding carboxylic acids is 2. The van der Waals surface area contributed by atoms with Gasteiger partial charge < -0.3 is 25.1 Å². The van der Waals surface area contributed by atoms with Gasteiger partial charge in [-0.2, -0.15) is 0 Å². The molecule has 0 bridgehead atoms. The van der Waals surface area contributed by atoms with Crippen molar-refractivity contribution in [2.24, 2.45) is 5.73 Å². The van der Waals surface area contributed by atoms with Crippen molar-refractivity contribution < 1.29 is 23.9 Å². The van der Waals surface area contributed by atoms with Crippen molar-refractivity contribution in [2.45, 2.75) is 6.42 Å². The van der Waals surface area contributed by atoms with Crippen LogP contribution in [0.1, 0.15) is 27.3 Å². The number of furan rings is 1. The molecule has 0 unspecified atom stereocenters. The highest BCUT2D eigenvalue weighted by atomic mass is 35.5. The molecule has 1 aliphatic rings. The topological polar surface area (TPSA) is 130 Å². The average Bonchev–Trinajstić information content (AvgIpc) is 2.94. The van der Waals surface area contributed by atoms with Crippen LogP contribution in [0.5, 0.6) is 0 Å². The number of nitrogens with two attached hydrogens (primary N) is 1. The second kappa shape index (κ2) is 9.58. The quantitative estimate of drug-likeness (QED) is 0.754. The van der Waals surface area contributed by atoms with E-state index in [0.717, 1.165) is 6.42 Å². The van der Waals surface area contributed by atoms with E-state index in [-0.39, 0.29) is 23.4 Å². The van der Waals surface area contributed by atoms with Gasteiger partial charge in [0, 0.05) is 32.4 Å². The summed E-state index contributed by atoms with van der Waals surface area (Å²) in [6.45, 7) is 2.07. The van der Waals surface area contributed by atoms with E-state index < -0.39 is 5.91 Å². The van der Waals surface area contributed by atoms with Gasteiger partial charge in [-0.15, -0.1) is 0 Å². The molecule has 3 rings (SSSR count). The SMILES string of the molecule is NC(=O)c1cccnc1N1CCCN(C(=O)c2ccc(Cl)o2)CC1.O=CO. The Bertz CT molecular complexity index is 810. The molecule has 0 saturated carbocycles. The standard InChI is InChI=1S/C16H17ClN4O3.CH2O2/c17-13-5-4-12(24-13)16(23)21-8-2-7-20(9-10-21)15-11(14(18)22)3-1-6-19-15;2-1-3/h1,3-6H,2,7-10H2,(H2,18,22);1H,(H,2,3). The number of carbonyl (C=O) groups is 3. The maximum absolute atomic E-state index is 12.4. The molecule has 2 aromatic rings. The van der Waals surface area contributed by atoms with Crippen LogP contribution in [-0.2, 0) is 4.79 Å². The van der Waals surface area contributed by atoms with Crippen LogP contribution in [0.25, 0.3) is 0 Å². The third kappa shape index (κ3) is 5.20. The Balaban J connectivity index is 0.000000817. The summed E-state index contributed by atoms with van der Waals surface area (Å²) in [5.41, 5.74) is 5.80. The molecule has 144 valence electrons. The van der Waals surface area contributed by atoms with Gasteiger partial charge >= 0.3 is 0 Å². The highest BCUT2D eigenvalue weighted by molar-refractivity contribution is 6.29. The highest BCUT2D eigenvalue weighted by Gasteiger charge is 2.24. The predicted octanol–water partition coefficient (Wildman–Crippen LogP) is 1.48. The van der Waals surface area contributed by atoms with Crippen molar-refractivity contribution in [2.75, 3.05) is 31.1 Å². The molecule has 9 nitrogen and oxygen atoms in total. The average molecular weight is 395 g/mol. The van der Waals surface area contributed by atoms with Gasteiger partial charge in [0.05, 0.1) is 5.56 Å². The highest BCUT2D eigenvalue weighted by Crippen LogP contribution is 2.20. The first-order chi connectivity index (χ1) is 13.0. The zero-order valence-electron chi connectivity index (χ0n) is 14.4. The van der Waals surface area contributed by atoms with E-state index in [2.05, 4.69) is 4.98 Å². The number of anilines is 1. The summed E-state index contributed by atoms with van der Waals surface area (Å²) in [4.78, 5) is 40.4. The zero-order chi connectivity index (χ0) is 19.8. The summed E-state index contributed by atoms with van der Waals surface area (Å²) in [6.07, 6.45) is 2.37. The minimum atomic E-state index is -0.513. The number of aromatic nitrogens is 1. The van der Waals surface area contributed by atoms with Crippen molar-refractivity contribution in [1.29, 1.82) is 0 Å². The summed E-state index contributed by atoms with van der Waals surface area (Å²) >= 11 is 5.73.